The van der Waals surface area contributed by atoms with E-state index in [4.69, 9.17) is 4.74 Å². The lowest BCUT2D eigenvalue weighted by atomic mass is 9.89. The van der Waals surface area contributed by atoms with Crippen molar-refractivity contribution in [3.05, 3.63) is 48.0 Å². The predicted octanol–water partition coefficient (Wildman–Crippen LogP) is 5.21. The number of carbonyl (C=O) groups excluding carboxylic acids is 1. The molecule has 0 unspecified atom stereocenters. The molecule has 4 heteroatoms. The van der Waals surface area contributed by atoms with Crippen LogP contribution in [0.2, 0.25) is 0 Å². The van der Waals surface area contributed by atoms with Gasteiger partial charge in [-0.1, -0.05) is 50.6 Å². The van der Waals surface area contributed by atoms with Gasteiger partial charge in [-0.25, -0.2) is 14.8 Å². The van der Waals surface area contributed by atoms with E-state index in [9.17, 15) is 4.79 Å². The van der Waals surface area contributed by atoms with Gasteiger partial charge in [-0.2, -0.15) is 0 Å². The Hall–Kier alpha value is -2.23. The van der Waals surface area contributed by atoms with Crippen molar-refractivity contribution >= 4 is 5.97 Å². The number of rotatable bonds is 3. The fraction of sp³-hybridized carbons (Fsp3) is 0.476. The van der Waals surface area contributed by atoms with Crippen molar-refractivity contribution in [1.29, 1.82) is 0 Å². The van der Waals surface area contributed by atoms with Crippen LogP contribution in [0, 0.1) is 12.8 Å². The second kappa shape index (κ2) is 9.30. The standard InChI is InChI=1S/C19H22N2O2.C2H6/c1-13-3-7-15(8-4-13)16-11-20-18(21-12-16)19(22)23-17-9-5-14(2)6-10-17;1-2/h3-4,7-8,11-12,14,17H,5-6,9-10H2,1-2H3;1-2H3. The number of hydrogen-bond acceptors (Lipinski definition) is 4. The van der Waals surface area contributed by atoms with Crippen molar-refractivity contribution in [3.8, 4) is 11.1 Å². The Morgan fingerprint density at radius 1 is 0.960 bits per heavy atom. The lowest BCUT2D eigenvalue weighted by Gasteiger charge is -2.25. The van der Waals surface area contributed by atoms with Crippen LogP contribution >= 0.6 is 0 Å². The summed E-state index contributed by atoms with van der Waals surface area (Å²) in [7, 11) is 0. The van der Waals surface area contributed by atoms with Crippen LogP contribution in [-0.2, 0) is 4.74 Å². The van der Waals surface area contributed by atoms with E-state index < -0.39 is 5.97 Å². The van der Waals surface area contributed by atoms with E-state index in [0.29, 0.717) is 0 Å². The van der Waals surface area contributed by atoms with Crippen LogP contribution in [0.25, 0.3) is 11.1 Å². The lowest BCUT2D eigenvalue weighted by Crippen LogP contribution is -2.24. The minimum Gasteiger partial charge on any atom is -0.456 e. The molecule has 2 aromatic rings. The molecule has 0 atom stereocenters. The van der Waals surface area contributed by atoms with E-state index in [1.165, 1.54) is 5.56 Å². The highest BCUT2D eigenvalue weighted by molar-refractivity contribution is 5.85. The molecule has 134 valence electrons. The third-order valence-electron chi connectivity index (χ3n) is 4.46. The van der Waals surface area contributed by atoms with Crippen LogP contribution in [-0.4, -0.2) is 22.0 Å². The maximum absolute atomic E-state index is 12.1. The van der Waals surface area contributed by atoms with Crippen LogP contribution < -0.4 is 0 Å². The van der Waals surface area contributed by atoms with Crippen LogP contribution in [0.5, 0.6) is 0 Å². The maximum atomic E-state index is 12.1. The highest BCUT2D eigenvalue weighted by Crippen LogP contribution is 2.26. The summed E-state index contributed by atoms with van der Waals surface area (Å²) < 4.78 is 5.52. The van der Waals surface area contributed by atoms with Gasteiger partial charge in [0.15, 0.2) is 0 Å². The van der Waals surface area contributed by atoms with Gasteiger partial charge in [0.2, 0.25) is 5.82 Å². The number of aryl methyl sites for hydroxylation is 1. The smallest absolute Gasteiger partial charge is 0.376 e. The SMILES string of the molecule is CC.Cc1ccc(-c2cnc(C(=O)OC3CCC(C)CC3)nc2)cc1. The first-order chi connectivity index (χ1) is 12.1. The zero-order chi connectivity index (χ0) is 18.2. The first kappa shape index (κ1) is 19.1. The molecule has 4 nitrogen and oxygen atoms in total. The topological polar surface area (TPSA) is 52.1 Å². The molecule has 0 bridgehead atoms. The molecular weight excluding hydrogens is 312 g/mol. The molecule has 1 aromatic carbocycles. The predicted molar refractivity (Wildman–Crippen MR) is 100 cm³/mol. The van der Waals surface area contributed by atoms with Gasteiger partial charge in [0.25, 0.3) is 0 Å². The number of hydrogen-bond donors (Lipinski definition) is 0. The fourth-order valence-electron chi connectivity index (χ4n) is 2.88. The zero-order valence-corrected chi connectivity index (χ0v) is 15.7. The number of aromatic nitrogens is 2. The van der Waals surface area contributed by atoms with E-state index in [1.54, 1.807) is 12.4 Å². The van der Waals surface area contributed by atoms with E-state index in [0.717, 1.165) is 42.7 Å². The van der Waals surface area contributed by atoms with Crippen LogP contribution in [0.3, 0.4) is 0 Å². The van der Waals surface area contributed by atoms with Crippen molar-refractivity contribution in [2.45, 2.75) is 59.5 Å². The summed E-state index contributed by atoms with van der Waals surface area (Å²) in [6.07, 6.45) is 7.48. The molecule has 0 amide bonds. The number of esters is 1. The lowest BCUT2D eigenvalue weighted by molar-refractivity contribution is 0.0160. The van der Waals surface area contributed by atoms with E-state index >= 15 is 0 Å². The minimum absolute atomic E-state index is 0.0130. The Morgan fingerprint density at radius 2 is 1.52 bits per heavy atom. The van der Waals surface area contributed by atoms with E-state index in [2.05, 4.69) is 16.9 Å². The Bertz CT molecular complexity index is 657. The Kier molecular flexibility index (Phi) is 7.11. The van der Waals surface area contributed by atoms with Crippen molar-refractivity contribution in [2.75, 3.05) is 0 Å². The molecule has 0 spiro atoms. The molecule has 1 fully saturated rings. The highest BCUT2D eigenvalue weighted by Gasteiger charge is 2.23. The van der Waals surface area contributed by atoms with Crippen LogP contribution in [0.1, 0.15) is 62.6 Å². The quantitative estimate of drug-likeness (QED) is 0.719. The summed E-state index contributed by atoms with van der Waals surface area (Å²) in [6.45, 7) is 8.29. The summed E-state index contributed by atoms with van der Waals surface area (Å²) in [4.78, 5) is 20.5. The number of carbonyl (C=O) groups is 1. The normalized spacial score (nSPS) is 19.5. The molecule has 1 saturated carbocycles. The average molecular weight is 340 g/mol. The first-order valence-corrected chi connectivity index (χ1v) is 9.22. The zero-order valence-electron chi connectivity index (χ0n) is 15.7. The third kappa shape index (κ3) is 5.38. The van der Waals surface area contributed by atoms with Crippen molar-refractivity contribution < 1.29 is 9.53 Å². The molecule has 3 rings (SSSR count). The van der Waals surface area contributed by atoms with Gasteiger partial charge in [-0.05, 0) is 44.1 Å². The molecule has 1 aromatic heterocycles. The van der Waals surface area contributed by atoms with Gasteiger partial charge in [0, 0.05) is 18.0 Å². The van der Waals surface area contributed by atoms with Gasteiger partial charge in [0.05, 0.1) is 0 Å². The van der Waals surface area contributed by atoms with Crippen LogP contribution in [0.15, 0.2) is 36.7 Å². The van der Waals surface area contributed by atoms with E-state index in [-0.39, 0.29) is 11.9 Å². The second-order valence-corrected chi connectivity index (χ2v) is 6.45. The monoisotopic (exact) mass is 340 g/mol. The molecule has 0 aliphatic heterocycles. The molecule has 1 aliphatic rings. The van der Waals surface area contributed by atoms with Crippen LogP contribution in [0.4, 0.5) is 0 Å². The summed E-state index contributed by atoms with van der Waals surface area (Å²) in [5.41, 5.74) is 3.14. The largest absolute Gasteiger partial charge is 0.456 e. The summed E-state index contributed by atoms with van der Waals surface area (Å²) in [5.74, 6) is 0.453. The fourth-order valence-corrected chi connectivity index (χ4v) is 2.88. The molecular formula is C21H28N2O2. The molecule has 1 aliphatic carbocycles. The van der Waals surface area contributed by atoms with Gasteiger partial charge in [-0.3, -0.25) is 0 Å². The first-order valence-electron chi connectivity index (χ1n) is 9.22. The molecule has 25 heavy (non-hydrogen) atoms. The minimum atomic E-state index is -0.417. The molecule has 0 radical (unpaired) electrons. The Labute approximate surface area is 150 Å². The molecule has 0 N–H and O–H groups in total. The Balaban J connectivity index is 0.00000109. The van der Waals surface area contributed by atoms with Gasteiger partial charge in [0.1, 0.15) is 6.10 Å². The Morgan fingerprint density at radius 3 is 2.08 bits per heavy atom. The highest BCUT2D eigenvalue weighted by atomic mass is 16.5. The van der Waals surface area contributed by atoms with Crippen molar-refractivity contribution in [3.63, 3.8) is 0 Å². The second-order valence-electron chi connectivity index (χ2n) is 6.45. The van der Waals surface area contributed by atoms with Gasteiger partial charge < -0.3 is 4.74 Å². The maximum Gasteiger partial charge on any atom is 0.376 e. The van der Waals surface area contributed by atoms with Gasteiger partial charge >= 0.3 is 5.97 Å². The van der Waals surface area contributed by atoms with E-state index in [1.807, 2.05) is 45.0 Å². The van der Waals surface area contributed by atoms with Gasteiger partial charge in [-0.15, -0.1) is 0 Å². The third-order valence-corrected chi connectivity index (χ3v) is 4.46. The number of nitrogens with zero attached hydrogens (tertiary/aromatic N) is 2. The van der Waals surface area contributed by atoms with Crippen molar-refractivity contribution in [2.24, 2.45) is 5.92 Å². The number of ether oxygens (including phenoxy) is 1. The van der Waals surface area contributed by atoms with Crippen molar-refractivity contribution in [1.82, 2.24) is 9.97 Å². The summed E-state index contributed by atoms with van der Waals surface area (Å²) >= 11 is 0. The number of benzene rings is 1. The summed E-state index contributed by atoms with van der Waals surface area (Å²) in [5, 5.41) is 0. The molecule has 0 saturated heterocycles. The average Bonchev–Trinajstić information content (AvgIpc) is 2.66. The molecule has 1 heterocycles. The summed E-state index contributed by atoms with van der Waals surface area (Å²) in [6, 6.07) is 8.13.